The predicted molar refractivity (Wildman–Crippen MR) is 141 cm³/mol. The van der Waals surface area contributed by atoms with Crippen LogP contribution < -0.4 is 5.32 Å². The molecule has 9 heteroatoms. The third-order valence-electron chi connectivity index (χ3n) is 8.92. The fourth-order valence-corrected chi connectivity index (χ4v) is 6.44. The number of carbonyl (C=O) groups is 2. The molecule has 198 valence electrons. The Morgan fingerprint density at radius 2 is 1.78 bits per heavy atom. The van der Waals surface area contributed by atoms with Crippen LogP contribution in [0.1, 0.15) is 56.9 Å². The summed E-state index contributed by atoms with van der Waals surface area (Å²) in [6, 6.07) is 14.0. The SMILES string of the molecule is CN(C)[C@]1(c2ccccc2)CC[C@]2(CC1)CN(CCC(=O)Nc1cccnn1)C(=O)N2CC1(O)CCC1. The van der Waals surface area contributed by atoms with Crippen LogP contribution in [0.15, 0.2) is 48.7 Å². The molecule has 2 aliphatic carbocycles. The van der Waals surface area contributed by atoms with Gasteiger partial charge >= 0.3 is 6.03 Å². The third kappa shape index (κ3) is 4.94. The van der Waals surface area contributed by atoms with Crippen LogP contribution in [-0.4, -0.2) is 86.8 Å². The Kier molecular flexibility index (Phi) is 6.93. The molecule has 3 amide bonds. The topological polar surface area (TPSA) is 102 Å². The maximum Gasteiger partial charge on any atom is 0.320 e. The van der Waals surface area contributed by atoms with Crippen LogP contribution in [-0.2, 0) is 10.3 Å². The molecule has 0 bridgehead atoms. The van der Waals surface area contributed by atoms with E-state index in [1.54, 1.807) is 18.3 Å². The van der Waals surface area contributed by atoms with Gasteiger partial charge in [-0.05, 0) is 76.7 Å². The number of benzene rings is 1. The molecule has 3 aliphatic rings. The zero-order valence-electron chi connectivity index (χ0n) is 21.9. The number of β-amino-alcohol motifs (C(OH)–C–C–N with tert-alkyl or cyclic N) is 1. The Balaban J connectivity index is 1.32. The molecule has 1 spiro atoms. The summed E-state index contributed by atoms with van der Waals surface area (Å²) in [6.07, 6.45) is 7.75. The average Bonchev–Trinajstić information content (AvgIpc) is 3.13. The molecule has 2 aromatic rings. The normalized spacial score (nSPS) is 27.0. The number of carbonyl (C=O) groups excluding carboxylic acids is 2. The first-order valence-electron chi connectivity index (χ1n) is 13.3. The molecule has 1 aromatic carbocycles. The monoisotopic (exact) mass is 506 g/mol. The van der Waals surface area contributed by atoms with E-state index in [-0.39, 0.29) is 29.4 Å². The summed E-state index contributed by atoms with van der Waals surface area (Å²) >= 11 is 0. The van der Waals surface area contributed by atoms with Crippen LogP contribution in [0.5, 0.6) is 0 Å². The predicted octanol–water partition coefficient (Wildman–Crippen LogP) is 3.23. The van der Waals surface area contributed by atoms with Gasteiger partial charge in [0.25, 0.3) is 0 Å². The van der Waals surface area contributed by atoms with E-state index >= 15 is 0 Å². The summed E-state index contributed by atoms with van der Waals surface area (Å²) in [7, 11) is 4.28. The fraction of sp³-hybridized carbons (Fsp3) is 0.571. The highest BCUT2D eigenvalue weighted by Gasteiger charge is 2.56. The van der Waals surface area contributed by atoms with Crippen molar-refractivity contribution in [3.8, 4) is 0 Å². The molecule has 1 saturated heterocycles. The zero-order chi connectivity index (χ0) is 26.1. The highest BCUT2D eigenvalue weighted by Crippen LogP contribution is 2.50. The van der Waals surface area contributed by atoms with E-state index in [1.165, 1.54) is 5.56 Å². The highest BCUT2D eigenvalue weighted by atomic mass is 16.3. The van der Waals surface area contributed by atoms with Crippen molar-refractivity contribution in [2.45, 2.75) is 68.0 Å². The maximum absolute atomic E-state index is 13.7. The molecule has 1 aromatic heterocycles. The van der Waals surface area contributed by atoms with Crippen LogP contribution in [0.2, 0.25) is 0 Å². The minimum atomic E-state index is -0.794. The van der Waals surface area contributed by atoms with Gasteiger partial charge in [0.15, 0.2) is 5.82 Å². The molecule has 0 atom stereocenters. The van der Waals surface area contributed by atoms with Gasteiger partial charge in [0.2, 0.25) is 5.91 Å². The molecular weight excluding hydrogens is 468 g/mol. The molecule has 0 unspecified atom stereocenters. The van der Waals surface area contributed by atoms with E-state index in [0.717, 1.165) is 44.9 Å². The number of urea groups is 1. The van der Waals surface area contributed by atoms with Crippen LogP contribution >= 0.6 is 0 Å². The minimum Gasteiger partial charge on any atom is -0.388 e. The van der Waals surface area contributed by atoms with Crippen LogP contribution in [0.25, 0.3) is 0 Å². The van der Waals surface area contributed by atoms with Crippen LogP contribution in [0.4, 0.5) is 10.6 Å². The molecule has 2 N–H and O–H groups in total. The molecule has 0 radical (unpaired) electrons. The fourth-order valence-electron chi connectivity index (χ4n) is 6.44. The van der Waals surface area contributed by atoms with Crippen molar-refractivity contribution in [2.75, 3.05) is 39.0 Å². The number of amides is 3. The van der Waals surface area contributed by atoms with Gasteiger partial charge in [-0.2, -0.15) is 5.10 Å². The van der Waals surface area contributed by atoms with E-state index in [9.17, 15) is 14.7 Å². The lowest BCUT2D eigenvalue weighted by Gasteiger charge is -2.52. The lowest BCUT2D eigenvalue weighted by atomic mass is 9.67. The Bertz CT molecular complexity index is 1100. The number of aromatic nitrogens is 2. The van der Waals surface area contributed by atoms with E-state index in [0.29, 0.717) is 25.5 Å². The summed E-state index contributed by atoms with van der Waals surface area (Å²) in [5.41, 5.74) is 0.0923. The maximum atomic E-state index is 13.7. The summed E-state index contributed by atoms with van der Waals surface area (Å²) in [5, 5.41) is 21.5. The number of nitrogens with one attached hydrogen (secondary N) is 1. The number of rotatable bonds is 8. The summed E-state index contributed by atoms with van der Waals surface area (Å²) in [5.74, 6) is 0.205. The Morgan fingerprint density at radius 1 is 1.05 bits per heavy atom. The number of anilines is 1. The summed E-state index contributed by atoms with van der Waals surface area (Å²) < 4.78 is 0. The van der Waals surface area contributed by atoms with Gasteiger partial charge in [0.1, 0.15) is 0 Å². The molecule has 2 saturated carbocycles. The Hall–Kier alpha value is -3.04. The molecule has 37 heavy (non-hydrogen) atoms. The second-order valence-corrected chi connectivity index (χ2v) is 11.3. The molecule has 9 nitrogen and oxygen atoms in total. The average molecular weight is 507 g/mol. The quantitative estimate of drug-likeness (QED) is 0.570. The first kappa shape index (κ1) is 25.6. The van der Waals surface area contributed by atoms with Crippen molar-refractivity contribution in [2.24, 2.45) is 0 Å². The van der Waals surface area contributed by atoms with Crippen molar-refractivity contribution in [3.63, 3.8) is 0 Å². The van der Waals surface area contributed by atoms with Crippen molar-refractivity contribution in [3.05, 3.63) is 54.2 Å². The van der Waals surface area contributed by atoms with Crippen molar-refractivity contribution >= 4 is 17.8 Å². The second-order valence-electron chi connectivity index (χ2n) is 11.3. The van der Waals surface area contributed by atoms with Crippen molar-refractivity contribution in [1.82, 2.24) is 24.9 Å². The highest BCUT2D eigenvalue weighted by molar-refractivity contribution is 5.90. The van der Waals surface area contributed by atoms with Gasteiger partial charge in [-0.25, -0.2) is 4.79 Å². The van der Waals surface area contributed by atoms with E-state index in [4.69, 9.17) is 0 Å². The van der Waals surface area contributed by atoms with Gasteiger partial charge in [-0.15, -0.1) is 5.10 Å². The van der Waals surface area contributed by atoms with Gasteiger partial charge < -0.3 is 20.2 Å². The lowest BCUT2D eigenvalue weighted by Crippen LogP contribution is -2.59. The zero-order valence-corrected chi connectivity index (χ0v) is 21.9. The third-order valence-corrected chi connectivity index (χ3v) is 8.92. The standard InChI is InChI=1S/C28H38N6O3/c1-32(2)28(22-8-4-3-5-9-22)16-14-26(15-17-28)20-33(25(36)34(26)21-27(37)12-7-13-27)19-11-24(35)30-23-10-6-18-29-31-23/h3-6,8-10,18,37H,7,11-17,19-21H2,1-2H3,(H,30,31,35)/t26-,28+. The number of nitrogens with zero attached hydrogens (tertiary/aromatic N) is 5. The number of hydrogen-bond donors (Lipinski definition) is 2. The van der Waals surface area contributed by atoms with Gasteiger partial charge in [-0.3, -0.25) is 9.69 Å². The molecule has 2 heterocycles. The van der Waals surface area contributed by atoms with E-state index < -0.39 is 5.60 Å². The van der Waals surface area contributed by atoms with Crippen LogP contribution in [0.3, 0.4) is 0 Å². The Morgan fingerprint density at radius 3 is 2.38 bits per heavy atom. The second kappa shape index (κ2) is 10.0. The molecule has 3 fully saturated rings. The molecule has 5 rings (SSSR count). The lowest BCUT2D eigenvalue weighted by molar-refractivity contribution is -0.116. The molecular formula is C28H38N6O3. The van der Waals surface area contributed by atoms with Crippen LogP contribution in [0, 0.1) is 0 Å². The first-order chi connectivity index (χ1) is 17.8. The Labute approximate surface area is 218 Å². The first-order valence-corrected chi connectivity index (χ1v) is 13.3. The smallest absolute Gasteiger partial charge is 0.320 e. The number of hydrogen-bond acceptors (Lipinski definition) is 6. The van der Waals surface area contributed by atoms with Crippen molar-refractivity contribution in [1.29, 1.82) is 0 Å². The molecule has 1 aliphatic heterocycles. The van der Waals surface area contributed by atoms with Crippen molar-refractivity contribution < 1.29 is 14.7 Å². The van der Waals surface area contributed by atoms with E-state index in [1.807, 2.05) is 15.9 Å². The summed E-state index contributed by atoms with van der Waals surface area (Å²) in [4.78, 5) is 32.3. The number of aliphatic hydroxyl groups is 1. The van der Waals surface area contributed by atoms with E-state index in [2.05, 4.69) is 58.8 Å². The van der Waals surface area contributed by atoms with Gasteiger partial charge in [0, 0.05) is 31.2 Å². The summed E-state index contributed by atoms with van der Waals surface area (Å²) in [6.45, 7) is 1.28. The minimum absolute atomic E-state index is 0.0651. The largest absolute Gasteiger partial charge is 0.388 e. The van der Waals surface area contributed by atoms with Gasteiger partial charge in [0.05, 0.1) is 17.7 Å². The van der Waals surface area contributed by atoms with Gasteiger partial charge in [-0.1, -0.05) is 30.3 Å².